The molecular weight excluding hydrogens is 244 g/mol. The number of carbonyl (C=O) groups is 2. The van der Waals surface area contributed by atoms with Gasteiger partial charge in [0, 0.05) is 18.8 Å². The van der Waals surface area contributed by atoms with Crippen molar-refractivity contribution in [2.45, 2.75) is 25.7 Å². The van der Waals surface area contributed by atoms with E-state index in [1.54, 1.807) is 32.4 Å². The van der Waals surface area contributed by atoms with Crippen LogP contribution in [-0.2, 0) is 4.79 Å². The first-order valence-electron chi connectivity index (χ1n) is 6.43. The molecule has 1 fully saturated rings. The predicted molar refractivity (Wildman–Crippen MR) is 70.8 cm³/mol. The van der Waals surface area contributed by atoms with Gasteiger partial charge in [0.05, 0.1) is 19.8 Å². The molecule has 0 aromatic heterocycles. The van der Waals surface area contributed by atoms with Crippen molar-refractivity contribution in [2.75, 3.05) is 14.2 Å². The number of hydrogen-bond acceptors (Lipinski definition) is 4. The van der Waals surface area contributed by atoms with Gasteiger partial charge in [0.1, 0.15) is 17.3 Å². The van der Waals surface area contributed by atoms with E-state index in [2.05, 4.69) is 0 Å². The third-order valence-corrected chi connectivity index (χ3v) is 3.59. The average molecular weight is 262 g/mol. The second-order valence-corrected chi connectivity index (χ2v) is 4.74. The Morgan fingerprint density at radius 3 is 2.42 bits per heavy atom. The molecule has 0 bridgehead atoms. The molecule has 19 heavy (non-hydrogen) atoms. The van der Waals surface area contributed by atoms with Gasteiger partial charge in [-0.2, -0.15) is 0 Å². The molecule has 1 aromatic carbocycles. The van der Waals surface area contributed by atoms with Crippen LogP contribution in [0.15, 0.2) is 18.2 Å². The number of Topliss-reactive ketones (excluding diaryl/α,β-unsaturated/α-hetero) is 2. The summed E-state index contributed by atoms with van der Waals surface area (Å²) in [5, 5.41) is 0. The Balaban J connectivity index is 2.24. The Morgan fingerprint density at radius 2 is 1.84 bits per heavy atom. The predicted octanol–water partition coefficient (Wildman–Crippen LogP) is 2.65. The van der Waals surface area contributed by atoms with Gasteiger partial charge in [-0.25, -0.2) is 0 Å². The highest BCUT2D eigenvalue weighted by atomic mass is 16.5. The van der Waals surface area contributed by atoms with E-state index in [0.717, 1.165) is 0 Å². The molecule has 4 heteroatoms. The van der Waals surface area contributed by atoms with Gasteiger partial charge in [0.25, 0.3) is 0 Å². The fourth-order valence-corrected chi connectivity index (χ4v) is 2.43. The van der Waals surface area contributed by atoms with Crippen LogP contribution in [0.1, 0.15) is 36.0 Å². The Hall–Kier alpha value is -1.84. The molecule has 2 rings (SSSR count). The van der Waals surface area contributed by atoms with E-state index in [-0.39, 0.29) is 17.5 Å². The zero-order valence-electron chi connectivity index (χ0n) is 11.3. The lowest BCUT2D eigenvalue weighted by molar-refractivity contribution is -0.120. The van der Waals surface area contributed by atoms with Crippen LogP contribution < -0.4 is 9.47 Å². The normalized spacial score (nSPS) is 16.2. The van der Waals surface area contributed by atoms with E-state index in [4.69, 9.17) is 9.47 Å². The van der Waals surface area contributed by atoms with Crippen LogP contribution >= 0.6 is 0 Å². The summed E-state index contributed by atoms with van der Waals surface area (Å²) < 4.78 is 10.4. The Bertz CT molecular complexity index is 483. The molecule has 0 saturated heterocycles. The fraction of sp³-hybridized carbons (Fsp3) is 0.467. The lowest BCUT2D eigenvalue weighted by atomic mass is 9.83. The third-order valence-electron chi connectivity index (χ3n) is 3.59. The lowest BCUT2D eigenvalue weighted by Gasteiger charge is -2.20. The van der Waals surface area contributed by atoms with Gasteiger partial charge < -0.3 is 9.47 Å². The summed E-state index contributed by atoms with van der Waals surface area (Å²) in [5.41, 5.74) is 0.543. The first kappa shape index (κ1) is 13.6. The summed E-state index contributed by atoms with van der Waals surface area (Å²) in [5.74, 6) is 1.40. The molecule has 0 heterocycles. The van der Waals surface area contributed by atoms with Crippen LogP contribution in [0.2, 0.25) is 0 Å². The number of methoxy groups -OCH3 is 2. The van der Waals surface area contributed by atoms with Crippen LogP contribution in [0.4, 0.5) is 0 Å². The highest BCUT2D eigenvalue weighted by molar-refractivity contribution is 6.01. The van der Waals surface area contributed by atoms with Gasteiger partial charge in [-0.3, -0.25) is 9.59 Å². The molecule has 102 valence electrons. The topological polar surface area (TPSA) is 52.6 Å². The molecule has 0 amide bonds. The van der Waals surface area contributed by atoms with Crippen LogP contribution in [0, 0.1) is 5.92 Å². The summed E-state index contributed by atoms with van der Waals surface area (Å²) >= 11 is 0. The zero-order valence-corrected chi connectivity index (χ0v) is 11.3. The van der Waals surface area contributed by atoms with Gasteiger partial charge in [-0.05, 0) is 31.0 Å². The van der Waals surface area contributed by atoms with Crippen LogP contribution in [0.5, 0.6) is 11.5 Å². The molecule has 1 aromatic rings. The minimum Gasteiger partial charge on any atom is -0.497 e. The number of benzene rings is 1. The molecule has 0 atom stereocenters. The minimum absolute atomic E-state index is 0.0447. The summed E-state index contributed by atoms with van der Waals surface area (Å²) in [6, 6.07) is 5.21. The van der Waals surface area contributed by atoms with Crippen molar-refractivity contribution < 1.29 is 19.1 Å². The van der Waals surface area contributed by atoms with Crippen molar-refractivity contribution in [3.63, 3.8) is 0 Å². The number of carbonyl (C=O) groups excluding carboxylic acids is 2. The quantitative estimate of drug-likeness (QED) is 0.783. The molecular formula is C15H18O4. The second kappa shape index (κ2) is 5.87. The molecule has 0 spiro atoms. The molecule has 4 nitrogen and oxygen atoms in total. The average Bonchev–Trinajstić information content (AvgIpc) is 2.46. The van der Waals surface area contributed by atoms with E-state index < -0.39 is 0 Å². The maximum atomic E-state index is 12.5. The SMILES string of the molecule is COc1ccc(OC)c(C(=O)C2CCC(=O)CC2)c1. The molecule has 0 radical (unpaired) electrons. The summed E-state index contributed by atoms with van der Waals surface area (Å²) in [4.78, 5) is 23.7. The van der Waals surface area contributed by atoms with Crippen LogP contribution in [0.25, 0.3) is 0 Å². The highest BCUT2D eigenvalue weighted by Gasteiger charge is 2.27. The first-order valence-corrected chi connectivity index (χ1v) is 6.43. The lowest BCUT2D eigenvalue weighted by Crippen LogP contribution is -2.22. The number of ether oxygens (including phenoxy) is 2. The first-order chi connectivity index (χ1) is 9.15. The van der Waals surface area contributed by atoms with Crippen LogP contribution in [-0.4, -0.2) is 25.8 Å². The van der Waals surface area contributed by atoms with Crippen molar-refractivity contribution in [2.24, 2.45) is 5.92 Å². The van der Waals surface area contributed by atoms with E-state index in [9.17, 15) is 9.59 Å². The van der Waals surface area contributed by atoms with Crippen molar-refractivity contribution in [3.8, 4) is 11.5 Å². The third kappa shape index (κ3) is 2.95. The number of hydrogen-bond donors (Lipinski definition) is 0. The zero-order chi connectivity index (χ0) is 13.8. The Morgan fingerprint density at radius 1 is 1.16 bits per heavy atom. The largest absolute Gasteiger partial charge is 0.497 e. The summed E-state index contributed by atoms with van der Waals surface area (Å²) in [6.45, 7) is 0. The van der Waals surface area contributed by atoms with Gasteiger partial charge in [0.2, 0.25) is 0 Å². The standard InChI is InChI=1S/C15H18O4/c1-18-12-7-8-14(19-2)13(9-12)15(17)10-3-5-11(16)6-4-10/h7-10H,3-6H2,1-2H3. The molecule has 1 aliphatic carbocycles. The summed E-state index contributed by atoms with van der Waals surface area (Å²) in [6.07, 6.45) is 2.28. The van der Waals surface area contributed by atoms with Crippen molar-refractivity contribution in [3.05, 3.63) is 23.8 Å². The van der Waals surface area contributed by atoms with E-state index in [1.165, 1.54) is 0 Å². The molecule has 0 aliphatic heterocycles. The van der Waals surface area contributed by atoms with Crippen molar-refractivity contribution in [1.29, 1.82) is 0 Å². The number of rotatable bonds is 4. The van der Waals surface area contributed by atoms with E-state index in [0.29, 0.717) is 42.7 Å². The van der Waals surface area contributed by atoms with E-state index in [1.807, 2.05) is 0 Å². The fourth-order valence-electron chi connectivity index (χ4n) is 2.43. The van der Waals surface area contributed by atoms with E-state index >= 15 is 0 Å². The van der Waals surface area contributed by atoms with Crippen LogP contribution in [0.3, 0.4) is 0 Å². The van der Waals surface area contributed by atoms with Gasteiger partial charge in [0.15, 0.2) is 5.78 Å². The molecule has 0 unspecified atom stereocenters. The minimum atomic E-state index is -0.0845. The molecule has 1 saturated carbocycles. The summed E-state index contributed by atoms with van der Waals surface area (Å²) in [7, 11) is 3.11. The Kier molecular flexibility index (Phi) is 4.20. The molecule has 0 N–H and O–H groups in total. The van der Waals surface area contributed by atoms with Gasteiger partial charge >= 0.3 is 0 Å². The number of ketones is 2. The van der Waals surface area contributed by atoms with Gasteiger partial charge in [-0.15, -0.1) is 0 Å². The Labute approximate surface area is 112 Å². The van der Waals surface area contributed by atoms with Gasteiger partial charge in [-0.1, -0.05) is 0 Å². The molecule has 1 aliphatic rings. The second-order valence-electron chi connectivity index (χ2n) is 4.74. The van der Waals surface area contributed by atoms with Crippen molar-refractivity contribution in [1.82, 2.24) is 0 Å². The maximum Gasteiger partial charge on any atom is 0.169 e. The van der Waals surface area contributed by atoms with Crippen molar-refractivity contribution >= 4 is 11.6 Å². The smallest absolute Gasteiger partial charge is 0.169 e. The highest BCUT2D eigenvalue weighted by Crippen LogP contribution is 2.31. The monoisotopic (exact) mass is 262 g/mol. The maximum absolute atomic E-state index is 12.5.